The van der Waals surface area contributed by atoms with Gasteiger partial charge in [0.1, 0.15) is 0 Å². The lowest BCUT2D eigenvalue weighted by Gasteiger charge is -2.05. The van der Waals surface area contributed by atoms with Crippen molar-refractivity contribution in [3.05, 3.63) is 66.4 Å². The molecule has 0 saturated heterocycles. The van der Waals surface area contributed by atoms with Crippen molar-refractivity contribution in [3.8, 4) is 28.1 Å². The Balaban J connectivity index is 2.27. The minimum Gasteiger partial charge on any atom is -0.505 e. The van der Waals surface area contributed by atoms with E-state index < -0.39 is 0 Å². The first-order chi connectivity index (χ1) is 9.81. The van der Waals surface area contributed by atoms with Crippen LogP contribution in [0.3, 0.4) is 0 Å². The van der Waals surface area contributed by atoms with E-state index in [0.29, 0.717) is 5.69 Å². The van der Waals surface area contributed by atoms with E-state index in [9.17, 15) is 5.11 Å². The largest absolute Gasteiger partial charge is 0.505 e. The average Bonchev–Trinajstić information content (AvgIpc) is 2.86. The highest BCUT2D eigenvalue weighted by atomic mass is 16.3. The molecule has 0 saturated carbocycles. The number of rotatable bonds is 3. The topological polar surface area (TPSA) is 59.9 Å². The fourth-order valence-electron chi connectivity index (χ4n) is 2.32. The van der Waals surface area contributed by atoms with Crippen molar-refractivity contribution in [2.24, 2.45) is 0 Å². The first kappa shape index (κ1) is 12.2. The Morgan fingerprint density at radius 3 is 1.95 bits per heavy atom. The van der Waals surface area contributed by atoms with Crippen molar-refractivity contribution in [1.82, 2.24) is 4.98 Å². The molecule has 3 heteroatoms. The molecule has 0 unspecified atom stereocenters. The summed E-state index contributed by atoms with van der Waals surface area (Å²) in [5.41, 5.74) is 3.88. The molecule has 3 nitrogen and oxygen atoms in total. The van der Waals surface area contributed by atoms with Gasteiger partial charge in [-0.3, -0.25) is 0 Å². The Morgan fingerprint density at radius 2 is 1.40 bits per heavy atom. The van der Waals surface area contributed by atoms with Crippen molar-refractivity contribution in [2.75, 3.05) is 0 Å². The van der Waals surface area contributed by atoms with Gasteiger partial charge in [-0.05, 0) is 11.1 Å². The van der Waals surface area contributed by atoms with Crippen LogP contribution in [0.4, 0.5) is 0 Å². The maximum absolute atomic E-state index is 10.3. The predicted octanol–water partition coefficient (Wildman–Crippen LogP) is 4.05. The lowest BCUT2D eigenvalue weighted by Crippen LogP contribution is -1.82. The SMILES string of the molecule is N=Cc1[nH]c(-c2ccccc2)c(-c2ccccc2)c1O. The van der Waals surface area contributed by atoms with Crippen molar-refractivity contribution in [1.29, 1.82) is 5.41 Å². The quantitative estimate of drug-likeness (QED) is 0.613. The molecule has 0 spiro atoms. The van der Waals surface area contributed by atoms with Crippen LogP contribution in [0.2, 0.25) is 0 Å². The van der Waals surface area contributed by atoms with E-state index in [4.69, 9.17) is 5.41 Å². The fourth-order valence-corrected chi connectivity index (χ4v) is 2.32. The Labute approximate surface area is 117 Å². The smallest absolute Gasteiger partial charge is 0.150 e. The molecule has 0 radical (unpaired) electrons. The number of hydrogen-bond donors (Lipinski definition) is 3. The normalized spacial score (nSPS) is 10.4. The zero-order valence-electron chi connectivity index (χ0n) is 10.8. The van der Waals surface area contributed by atoms with Gasteiger partial charge in [-0.25, -0.2) is 0 Å². The minimum absolute atomic E-state index is 0.116. The average molecular weight is 262 g/mol. The monoisotopic (exact) mass is 262 g/mol. The molecule has 3 rings (SSSR count). The molecule has 0 aliphatic carbocycles. The standard InChI is InChI=1S/C17H14N2O/c18-11-14-17(20)15(12-7-3-1-4-8-12)16(19-14)13-9-5-2-6-10-13/h1-11,18-20H. The van der Waals surface area contributed by atoms with E-state index in [2.05, 4.69) is 4.98 Å². The number of hydrogen-bond acceptors (Lipinski definition) is 2. The van der Waals surface area contributed by atoms with Gasteiger partial charge in [-0.15, -0.1) is 0 Å². The zero-order chi connectivity index (χ0) is 13.9. The maximum Gasteiger partial charge on any atom is 0.150 e. The summed E-state index contributed by atoms with van der Waals surface area (Å²) in [6.07, 6.45) is 1.13. The number of aromatic nitrogens is 1. The van der Waals surface area contributed by atoms with Crippen molar-refractivity contribution < 1.29 is 5.11 Å². The molecule has 0 atom stereocenters. The summed E-state index contributed by atoms with van der Waals surface area (Å²) < 4.78 is 0. The van der Waals surface area contributed by atoms with Gasteiger partial charge in [-0.2, -0.15) is 0 Å². The third-order valence-electron chi connectivity index (χ3n) is 3.27. The van der Waals surface area contributed by atoms with Crippen molar-refractivity contribution in [3.63, 3.8) is 0 Å². The first-order valence-corrected chi connectivity index (χ1v) is 6.37. The number of aromatic amines is 1. The van der Waals surface area contributed by atoms with Gasteiger partial charge in [0, 0.05) is 11.8 Å². The van der Waals surface area contributed by atoms with Crippen LogP contribution < -0.4 is 0 Å². The van der Waals surface area contributed by atoms with Crippen LogP contribution in [-0.2, 0) is 0 Å². The second kappa shape index (κ2) is 5.05. The zero-order valence-corrected chi connectivity index (χ0v) is 10.8. The molecule has 1 heterocycles. The molecule has 0 bridgehead atoms. The highest BCUT2D eigenvalue weighted by molar-refractivity contribution is 5.93. The number of benzene rings is 2. The summed E-state index contributed by atoms with van der Waals surface area (Å²) in [4.78, 5) is 3.12. The lowest BCUT2D eigenvalue weighted by molar-refractivity contribution is 0.477. The van der Waals surface area contributed by atoms with Gasteiger partial charge in [0.15, 0.2) is 5.75 Å². The molecule has 3 aromatic rings. The van der Waals surface area contributed by atoms with Gasteiger partial charge in [-0.1, -0.05) is 60.7 Å². The summed E-state index contributed by atoms with van der Waals surface area (Å²) in [6.45, 7) is 0. The summed E-state index contributed by atoms with van der Waals surface area (Å²) in [5.74, 6) is 0.116. The minimum atomic E-state index is 0.116. The van der Waals surface area contributed by atoms with E-state index in [0.717, 1.165) is 28.6 Å². The second-order valence-electron chi connectivity index (χ2n) is 4.51. The Kier molecular flexibility index (Phi) is 3.09. The van der Waals surface area contributed by atoms with Crippen LogP contribution in [0.25, 0.3) is 22.4 Å². The summed E-state index contributed by atoms with van der Waals surface area (Å²) in [5, 5.41) is 17.7. The summed E-state index contributed by atoms with van der Waals surface area (Å²) >= 11 is 0. The van der Waals surface area contributed by atoms with Crippen LogP contribution in [0.1, 0.15) is 5.69 Å². The molecular weight excluding hydrogens is 248 g/mol. The van der Waals surface area contributed by atoms with Gasteiger partial charge < -0.3 is 15.5 Å². The second-order valence-corrected chi connectivity index (χ2v) is 4.51. The number of H-pyrrole nitrogens is 1. The van der Waals surface area contributed by atoms with Crippen LogP contribution in [-0.4, -0.2) is 16.3 Å². The van der Waals surface area contributed by atoms with Gasteiger partial charge in [0.05, 0.1) is 11.4 Å². The maximum atomic E-state index is 10.3. The van der Waals surface area contributed by atoms with E-state index in [-0.39, 0.29) is 5.75 Å². The first-order valence-electron chi connectivity index (χ1n) is 6.37. The van der Waals surface area contributed by atoms with Crippen LogP contribution in [0.5, 0.6) is 5.75 Å². The molecule has 3 N–H and O–H groups in total. The Hall–Kier alpha value is -2.81. The third-order valence-corrected chi connectivity index (χ3v) is 3.27. The fraction of sp³-hybridized carbons (Fsp3) is 0. The van der Waals surface area contributed by atoms with Crippen molar-refractivity contribution in [2.45, 2.75) is 0 Å². The molecule has 0 aliphatic rings. The Morgan fingerprint density at radius 1 is 0.850 bits per heavy atom. The molecular formula is C17H14N2O. The van der Waals surface area contributed by atoms with Crippen LogP contribution >= 0.6 is 0 Å². The van der Waals surface area contributed by atoms with Gasteiger partial charge in [0.25, 0.3) is 0 Å². The van der Waals surface area contributed by atoms with E-state index in [1.54, 1.807) is 0 Å². The van der Waals surface area contributed by atoms with Crippen molar-refractivity contribution >= 4 is 6.21 Å². The van der Waals surface area contributed by atoms with E-state index >= 15 is 0 Å². The summed E-state index contributed by atoms with van der Waals surface area (Å²) in [7, 11) is 0. The molecule has 0 fully saturated rings. The highest BCUT2D eigenvalue weighted by Crippen LogP contribution is 2.40. The van der Waals surface area contributed by atoms with Crippen LogP contribution in [0, 0.1) is 5.41 Å². The van der Waals surface area contributed by atoms with E-state index in [1.807, 2.05) is 60.7 Å². The molecule has 20 heavy (non-hydrogen) atoms. The van der Waals surface area contributed by atoms with Gasteiger partial charge in [0.2, 0.25) is 0 Å². The number of nitrogens with one attached hydrogen (secondary N) is 2. The molecule has 1 aromatic heterocycles. The third kappa shape index (κ3) is 1.99. The van der Waals surface area contributed by atoms with E-state index in [1.165, 1.54) is 0 Å². The molecule has 2 aromatic carbocycles. The molecule has 0 amide bonds. The predicted molar refractivity (Wildman–Crippen MR) is 81.2 cm³/mol. The lowest BCUT2D eigenvalue weighted by atomic mass is 10.0. The van der Waals surface area contributed by atoms with Crippen LogP contribution in [0.15, 0.2) is 60.7 Å². The molecule has 0 aliphatic heterocycles. The van der Waals surface area contributed by atoms with Gasteiger partial charge >= 0.3 is 0 Å². The molecule has 98 valence electrons. The Bertz CT molecular complexity index is 730. The summed E-state index contributed by atoms with van der Waals surface area (Å²) in [6, 6.07) is 19.5. The number of aromatic hydroxyl groups is 1. The highest BCUT2D eigenvalue weighted by Gasteiger charge is 2.18.